The third kappa shape index (κ3) is 2.32. The molecular formula is C9H14N2O3. The van der Waals surface area contributed by atoms with Crippen LogP contribution in [0.25, 0.3) is 0 Å². The van der Waals surface area contributed by atoms with Crippen LogP contribution >= 0.6 is 0 Å². The molecule has 0 fully saturated rings. The average Bonchev–Trinajstić information content (AvgIpc) is 2.51. The van der Waals surface area contributed by atoms with Gasteiger partial charge in [0, 0.05) is 13.2 Å². The summed E-state index contributed by atoms with van der Waals surface area (Å²) in [6, 6.07) is 1.64. The van der Waals surface area contributed by atoms with E-state index in [0.29, 0.717) is 11.6 Å². The number of carbonyl (C=O) groups is 1. The molecule has 1 amide bonds. The van der Waals surface area contributed by atoms with Crippen molar-refractivity contribution in [3.8, 4) is 0 Å². The quantitative estimate of drug-likeness (QED) is 0.796. The van der Waals surface area contributed by atoms with Crippen molar-refractivity contribution < 1.29 is 14.1 Å². The molecule has 1 N–H and O–H groups in total. The number of hydrogen-bond donors (Lipinski definition) is 1. The van der Waals surface area contributed by atoms with E-state index < -0.39 is 5.60 Å². The first-order chi connectivity index (χ1) is 6.45. The summed E-state index contributed by atoms with van der Waals surface area (Å²) in [5.41, 5.74) is -0.868. The first-order valence-electron chi connectivity index (χ1n) is 4.25. The maximum Gasteiger partial charge on any atom is 0.257 e. The van der Waals surface area contributed by atoms with Crippen molar-refractivity contribution in [1.82, 2.24) is 5.16 Å². The molecule has 1 rings (SSSR count). The van der Waals surface area contributed by atoms with Crippen molar-refractivity contribution in [3.05, 3.63) is 11.8 Å². The minimum Gasteiger partial charge on any atom is -0.369 e. The molecule has 0 aromatic carbocycles. The van der Waals surface area contributed by atoms with Gasteiger partial charge < -0.3 is 14.6 Å². The Hall–Kier alpha value is -1.36. The number of nitrogens with zero attached hydrogens (tertiary/aromatic N) is 1. The van der Waals surface area contributed by atoms with E-state index in [9.17, 15) is 4.79 Å². The second-order valence-corrected chi connectivity index (χ2v) is 3.49. The molecule has 0 aliphatic rings. The average molecular weight is 198 g/mol. The lowest BCUT2D eigenvalue weighted by molar-refractivity contribution is -0.133. The predicted octanol–water partition coefficient (Wildman–Crippen LogP) is 1.35. The van der Waals surface area contributed by atoms with Crippen molar-refractivity contribution in [2.75, 3.05) is 12.4 Å². The van der Waals surface area contributed by atoms with Gasteiger partial charge in [-0.25, -0.2) is 0 Å². The molecule has 1 heterocycles. The number of nitrogens with one attached hydrogen (secondary N) is 1. The highest BCUT2D eigenvalue weighted by atomic mass is 16.5. The van der Waals surface area contributed by atoms with Gasteiger partial charge in [-0.1, -0.05) is 5.16 Å². The fourth-order valence-corrected chi connectivity index (χ4v) is 0.785. The lowest BCUT2D eigenvalue weighted by Crippen LogP contribution is -2.38. The normalized spacial score (nSPS) is 11.4. The summed E-state index contributed by atoms with van der Waals surface area (Å²) in [6.45, 7) is 5.11. The van der Waals surface area contributed by atoms with Gasteiger partial charge in [0.2, 0.25) is 0 Å². The molecule has 0 saturated heterocycles. The monoisotopic (exact) mass is 198 g/mol. The molecule has 0 atom stereocenters. The Kier molecular flexibility index (Phi) is 2.90. The summed E-state index contributed by atoms with van der Waals surface area (Å²) in [6.07, 6.45) is 0. The molecule has 1 aromatic rings. The highest BCUT2D eigenvalue weighted by Crippen LogP contribution is 2.13. The first kappa shape index (κ1) is 10.7. The summed E-state index contributed by atoms with van der Waals surface area (Å²) >= 11 is 0. The molecule has 1 aromatic heterocycles. The van der Waals surface area contributed by atoms with Crippen LogP contribution in [-0.2, 0) is 9.53 Å². The van der Waals surface area contributed by atoms with Crippen LogP contribution in [0.1, 0.15) is 19.6 Å². The van der Waals surface area contributed by atoms with Crippen molar-refractivity contribution in [2.24, 2.45) is 0 Å². The van der Waals surface area contributed by atoms with Crippen molar-refractivity contribution in [1.29, 1.82) is 0 Å². The Balaban J connectivity index is 2.66. The summed E-state index contributed by atoms with van der Waals surface area (Å²) in [4.78, 5) is 11.6. The number of carbonyl (C=O) groups excluding carboxylic acids is 1. The van der Waals surface area contributed by atoms with E-state index in [4.69, 9.17) is 9.26 Å². The summed E-state index contributed by atoms with van der Waals surface area (Å²) < 4.78 is 9.81. The standard InChI is InChI=1S/C9H14N2O3/c1-6-5-7(11-14-6)10-8(12)9(2,3)13-4/h5H,1-4H3,(H,10,11,12). The molecule has 14 heavy (non-hydrogen) atoms. The summed E-state index contributed by atoms with van der Waals surface area (Å²) in [5, 5.41) is 6.23. The van der Waals surface area contributed by atoms with Crippen molar-refractivity contribution in [2.45, 2.75) is 26.4 Å². The Bertz CT molecular complexity index is 331. The number of methoxy groups -OCH3 is 1. The van der Waals surface area contributed by atoms with Gasteiger partial charge in [-0.3, -0.25) is 4.79 Å². The van der Waals surface area contributed by atoms with E-state index in [2.05, 4.69) is 10.5 Å². The number of hydrogen-bond acceptors (Lipinski definition) is 4. The molecule has 0 spiro atoms. The van der Waals surface area contributed by atoms with Crippen LogP contribution in [0.3, 0.4) is 0 Å². The van der Waals surface area contributed by atoms with Crippen molar-refractivity contribution >= 4 is 11.7 Å². The Morgan fingerprint density at radius 2 is 2.29 bits per heavy atom. The molecule has 0 aliphatic carbocycles. The smallest absolute Gasteiger partial charge is 0.257 e. The Labute approximate surface area is 82.4 Å². The maximum absolute atomic E-state index is 11.6. The zero-order valence-electron chi connectivity index (χ0n) is 8.75. The molecule has 0 radical (unpaired) electrons. The Morgan fingerprint density at radius 3 is 2.71 bits per heavy atom. The first-order valence-corrected chi connectivity index (χ1v) is 4.25. The van der Waals surface area contributed by atoms with Gasteiger partial charge in [0.05, 0.1) is 0 Å². The number of aromatic nitrogens is 1. The second-order valence-electron chi connectivity index (χ2n) is 3.49. The third-order valence-electron chi connectivity index (χ3n) is 1.93. The molecule has 0 bridgehead atoms. The highest BCUT2D eigenvalue weighted by molar-refractivity contribution is 5.95. The Morgan fingerprint density at radius 1 is 1.64 bits per heavy atom. The van der Waals surface area contributed by atoms with E-state index >= 15 is 0 Å². The van der Waals surface area contributed by atoms with Gasteiger partial charge in [-0.15, -0.1) is 0 Å². The van der Waals surface area contributed by atoms with Crippen LogP contribution in [0.5, 0.6) is 0 Å². The fourth-order valence-electron chi connectivity index (χ4n) is 0.785. The third-order valence-corrected chi connectivity index (χ3v) is 1.93. The molecule has 5 heteroatoms. The zero-order valence-corrected chi connectivity index (χ0v) is 8.75. The van der Waals surface area contributed by atoms with Gasteiger partial charge in [0.15, 0.2) is 5.82 Å². The van der Waals surface area contributed by atoms with Crippen LogP contribution in [0.15, 0.2) is 10.6 Å². The number of ether oxygens (including phenoxy) is 1. The highest BCUT2D eigenvalue weighted by Gasteiger charge is 2.27. The van der Waals surface area contributed by atoms with Gasteiger partial charge >= 0.3 is 0 Å². The molecule has 0 unspecified atom stereocenters. The van der Waals surface area contributed by atoms with Crippen molar-refractivity contribution in [3.63, 3.8) is 0 Å². The van der Waals surface area contributed by atoms with E-state index in [1.54, 1.807) is 26.8 Å². The largest absolute Gasteiger partial charge is 0.369 e. The van der Waals surface area contributed by atoms with E-state index in [0.717, 1.165) is 0 Å². The van der Waals surface area contributed by atoms with Crippen LogP contribution in [0.2, 0.25) is 0 Å². The topological polar surface area (TPSA) is 64.4 Å². The SMILES string of the molecule is COC(C)(C)C(=O)Nc1cc(C)on1. The molecule has 0 saturated carbocycles. The van der Waals surface area contributed by atoms with Gasteiger partial charge in [0.25, 0.3) is 5.91 Å². The minimum atomic E-state index is -0.868. The second kappa shape index (κ2) is 3.79. The number of amides is 1. The van der Waals surface area contributed by atoms with Gasteiger partial charge in [0.1, 0.15) is 11.4 Å². The van der Waals surface area contributed by atoms with E-state index in [1.807, 2.05) is 0 Å². The number of aryl methyl sites for hydroxylation is 1. The van der Waals surface area contributed by atoms with Crippen LogP contribution in [0.4, 0.5) is 5.82 Å². The molecule has 5 nitrogen and oxygen atoms in total. The van der Waals surface area contributed by atoms with Gasteiger partial charge in [-0.2, -0.15) is 0 Å². The number of anilines is 1. The van der Waals surface area contributed by atoms with Crippen LogP contribution in [-0.4, -0.2) is 23.8 Å². The van der Waals surface area contributed by atoms with Crippen LogP contribution < -0.4 is 5.32 Å². The minimum absolute atomic E-state index is 0.256. The van der Waals surface area contributed by atoms with E-state index in [1.165, 1.54) is 7.11 Å². The van der Waals surface area contributed by atoms with Gasteiger partial charge in [-0.05, 0) is 20.8 Å². The zero-order chi connectivity index (χ0) is 10.8. The fraction of sp³-hybridized carbons (Fsp3) is 0.556. The lowest BCUT2D eigenvalue weighted by Gasteiger charge is -2.20. The van der Waals surface area contributed by atoms with Crippen LogP contribution in [0, 0.1) is 6.92 Å². The molecular weight excluding hydrogens is 184 g/mol. The summed E-state index contributed by atoms with van der Waals surface area (Å²) in [7, 11) is 1.48. The summed E-state index contributed by atoms with van der Waals surface area (Å²) in [5.74, 6) is 0.793. The lowest BCUT2D eigenvalue weighted by atomic mass is 10.1. The molecule has 78 valence electrons. The van der Waals surface area contributed by atoms with E-state index in [-0.39, 0.29) is 5.91 Å². The molecule has 0 aliphatic heterocycles. The maximum atomic E-state index is 11.6. The predicted molar refractivity (Wildman–Crippen MR) is 51.0 cm³/mol. The number of rotatable bonds is 3.